The smallest absolute Gasteiger partial charge is 0.212 e. The molecule has 0 saturated carbocycles. The summed E-state index contributed by atoms with van der Waals surface area (Å²) in [4.78, 5) is 4.24. The molecule has 144 valence electrons. The van der Waals surface area contributed by atoms with Crippen molar-refractivity contribution in [1.29, 1.82) is 5.26 Å². The predicted octanol–water partition coefficient (Wildman–Crippen LogP) is 4.12. The number of nitrogens with zero attached hydrogens (tertiary/aromatic N) is 4. The van der Waals surface area contributed by atoms with Gasteiger partial charge in [0.2, 0.25) is 5.69 Å². The van der Waals surface area contributed by atoms with Crippen LogP contribution in [0.3, 0.4) is 0 Å². The number of halogens is 1. The average Bonchev–Trinajstić information content (AvgIpc) is 3.17. The molecule has 4 rings (SSSR count). The summed E-state index contributed by atoms with van der Waals surface area (Å²) in [6, 6.07) is 23.3. The van der Waals surface area contributed by atoms with Gasteiger partial charge in [0.05, 0.1) is 18.0 Å². The van der Waals surface area contributed by atoms with E-state index in [0.29, 0.717) is 24.2 Å². The maximum absolute atomic E-state index is 12.5. The number of nitriles is 1. The molecule has 0 amide bonds. The van der Waals surface area contributed by atoms with Crippen LogP contribution in [0, 0.1) is 16.5 Å². The second-order valence-electron chi connectivity index (χ2n) is 6.60. The lowest BCUT2D eigenvalue weighted by Gasteiger charge is -2.10. The summed E-state index contributed by atoms with van der Waals surface area (Å²) >= 11 is 0. The van der Waals surface area contributed by atoms with Crippen LogP contribution in [0.15, 0.2) is 85.5 Å². The first-order chi connectivity index (χ1) is 13.7. The number of hydrogen-bond donors (Lipinski definition) is 0. The number of benzene rings is 2. The molecule has 0 N–H and O–H groups in total. The van der Waals surface area contributed by atoms with Gasteiger partial charge in [-0.1, -0.05) is 42.5 Å². The number of imidazole rings is 1. The van der Waals surface area contributed by atoms with Crippen LogP contribution < -0.4 is 4.73 Å². The largest absolute Gasteiger partial charge is 0.618 e. The second-order valence-corrected chi connectivity index (χ2v) is 6.60. The van der Waals surface area contributed by atoms with E-state index in [1.54, 1.807) is 12.5 Å². The van der Waals surface area contributed by atoms with E-state index < -0.39 is 0 Å². The van der Waals surface area contributed by atoms with E-state index in [0.717, 1.165) is 27.1 Å². The van der Waals surface area contributed by atoms with Gasteiger partial charge in [-0.2, -0.15) is 9.99 Å². The Hall–Kier alpha value is -3.62. The second kappa shape index (κ2) is 9.05. The summed E-state index contributed by atoms with van der Waals surface area (Å²) in [7, 11) is 0. The van der Waals surface area contributed by atoms with Gasteiger partial charge in [0.25, 0.3) is 0 Å². The maximum Gasteiger partial charge on any atom is 0.212 e. The van der Waals surface area contributed by atoms with E-state index in [-0.39, 0.29) is 12.4 Å². The fraction of sp³-hybridized carbons (Fsp3) is 0.0870. The highest BCUT2D eigenvalue weighted by molar-refractivity contribution is 5.85. The van der Waals surface area contributed by atoms with Gasteiger partial charge in [-0.25, -0.2) is 4.98 Å². The van der Waals surface area contributed by atoms with Gasteiger partial charge >= 0.3 is 0 Å². The van der Waals surface area contributed by atoms with Gasteiger partial charge in [-0.15, -0.1) is 12.4 Å². The molecule has 0 bridgehead atoms. The van der Waals surface area contributed by atoms with Crippen molar-refractivity contribution < 1.29 is 4.73 Å². The Morgan fingerprint density at radius 3 is 2.41 bits per heavy atom. The molecular formula is C23H19ClN4O. The average molecular weight is 403 g/mol. The molecule has 0 saturated heterocycles. The highest BCUT2D eigenvalue weighted by Gasteiger charge is 2.12. The van der Waals surface area contributed by atoms with E-state index in [4.69, 9.17) is 5.26 Å². The van der Waals surface area contributed by atoms with E-state index >= 15 is 0 Å². The quantitative estimate of drug-likeness (QED) is 0.372. The molecular weight excluding hydrogens is 384 g/mol. The van der Waals surface area contributed by atoms with Gasteiger partial charge in [-0.3, -0.25) is 0 Å². The number of rotatable bonds is 5. The van der Waals surface area contributed by atoms with Crippen LogP contribution in [-0.2, 0) is 13.0 Å². The number of aromatic nitrogens is 3. The first-order valence-electron chi connectivity index (χ1n) is 8.98. The first-order valence-corrected chi connectivity index (χ1v) is 8.98. The molecule has 0 atom stereocenters. The SMILES string of the molecule is Cl.N#Cc1ccc(Cc2cncn2Cc2ccc(-c3ccccc3)c[n+]2[O-])cc1. The molecule has 2 aromatic heterocycles. The lowest BCUT2D eigenvalue weighted by Crippen LogP contribution is -2.32. The van der Waals surface area contributed by atoms with Crippen LogP contribution in [0.2, 0.25) is 0 Å². The van der Waals surface area contributed by atoms with Crippen molar-refractivity contribution in [2.24, 2.45) is 0 Å². The van der Waals surface area contributed by atoms with Crippen LogP contribution in [0.25, 0.3) is 11.1 Å². The third-order valence-corrected chi connectivity index (χ3v) is 4.70. The van der Waals surface area contributed by atoms with Crippen LogP contribution in [0.4, 0.5) is 0 Å². The Balaban J connectivity index is 0.00000240. The molecule has 0 aliphatic carbocycles. The Labute approximate surface area is 175 Å². The normalized spacial score (nSPS) is 10.2. The standard InChI is InChI=1S/C23H18N4O.ClH/c24-13-19-8-6-18(7-9-19)12-23-14-25-17-26(23)16-22-11-10-21(15-27(22)28)20-4-2-1-3-5-20;/h1-11,14-15,17H,12,16H2;1H. The van der Waals surface area contributed by atoms with Gasteiger partial charge in [0, 0.05) is 29.9 Å². The highest BCUT2D eigenvalue weighted by Crippen LogP contribution is 2.18. The van der Waals surface area contributed by atoms with Crippen molar-refractivity contribution in [1.82, 2.24) is 9.55 Å². The molecule has 0 spiro atoms. The van der Waals surface area contributed by atoms with Crippen molar-refractivity contribution in [2.45, 2.75) is 13.0 Å². The van der Waals surface area contributed by atoms with Gasteiger partial charge in [0.1, 0.15) is 6.54 Å². The summed E-state index contributed by atoms with van der Waals surface area (Å²) in [5.41, 5.74) is 5.31. The number of hydrogen-bond acceptors (Lipinski definition) is 3. The van der Waals surface area contributed by atoms with E-state index in [9.17, 15) is 5.21 Å². The molecule has 29 heavy (non-hydrogen) atoms. The molecule has 6 heteroatoms. The highest BCUT2D eigenvalue weighted by atomic mass is 35.5. The van der Waals surface area contributed by atoms with Crippen LogP contribution in [-0.4, -0.2) is 9.55 Å². The fourth-order valence-electron chi connectivity index (χ4n) is 3.15. The van der Waals surface area contributed by atoms with Crippen LogP contribution in [0.5, 0.6) is 0 Å². The van der Waals surface area contributed by atoms with Crippen molar-refractivity contribution in [3.63, 3.8) is 0 Å². The molecule has 0 aliphatic heterocycles. The Morgan fingerprint density at radius 1 is 0.966 bits per heavy atom. The van der Waals surface area contributed by atoms with Crippen molar-refractivity contribution >= 4 is 12.4 Å². The zero-order valence-corrected chi connectivity index (χ0v) is 16.4. The maximum atomic E-state index is 12.5. The lowest BCUT2D eigenvalue weighted by atomic mass is 10.1. The Morgan fingerprint density at radius 2 is 1.72 bits per heavy atom. The predicted molar refractivity (Wildman–Crippen MR) is 113 cm³/mol. The topological polar surface area (TPSA) is 68.5 Å². The molecule has 5 nitrogen and oxygen atoms in total. The first kappa shape index (κ1) is 20.1. The van der Waals surface area contributed by atoms with E-state index in [1.165, 1.54) is 0 Å². The lowest BCUT2D eigenvalue weighted by molar-refractivity contribution is -0.613. The monoisotopic (exact) mass is 402 g/mol. The third kappa shape index (κ3) is 4.63. The molecule has 4 aromatic rings. The van der Waals surface area contributed by atoms with Crippen LogP contribution in [0.1, 0.15) is 22.5 Å². The molecule has 0 fully saturated rings. The zero-order chi connectivity index (χ0) is 19.3. The Bertz CT molecular complexity index is 1130. The molecule has 0 unspecified atom stereocenters. The summed E-state index contributed by atoms with van der Waals surface area (Å²) in [5.74, 6) is 0. The van der Waals surface area contributed by atoms with Crippen molar-refractivity contribution in [2.75, 3.05) is 0 Å². The summed E-state index contributed by atoms with van der Waals surface area (Å²) < 4.78 is 2.90. The fourth-order valence-corrected chi connectivity index (χ4v) is 3.15. The minimum atomic E-state index is 0. The molecule has 2 aromatic carbocycles. The van der Waals surface area contributed by atoms with Crippen molar-refractivity contribution in [3.05, 3.63) is 113 Å². The van der Waals surface area contributed by atoms with Crippen molar-refractivity contribution in [3.8, 4) is 17.2 Å². The summed E-state index contributed by atoms with van der Waals surface area (Å²) in [5, 5.41) is 21.4. The Kier molecular flexibility index (Phi) is 6.28. The molecule has 2 heterocycles. The molecule has 0 aliphatic rings. The third-order valence-electron chi connectivity index (χ3n) is 4.70. The minimum absolute atomic E-state index is 0. The van der Waals surface area contributed by atoms with Gasteiger partial charge < -0.3 is 9.77 Å². The summed E-state index contributed by atoms with van der Waals surface area (Å²) in [6.45, 7) is 0.449. The minimum Gasteiger partial charge on any atom is -0.618 e. The van der Waals surface area contributed by atoms with Gasteiger partial charge in [-0.05, 0) is 29.3 Å². The van der Waals surface area contributed by atoms with E-state index in [1.807, 2.05) is 77.5 Å². The zero-order valence-electron chi connectivity index (χ0n) is 15.6. The summed E-state index contributed by atoms with van der Waals surface area (Å²) in [6.07, 6.45) is 5.85. The molecule has 0 radical (unpaired) electrons. The number of pyridine rings is 1. The van der Waals surface area contributed by atoms with Gasteiger partial charge in [0.15, 0.2) is 6.20 Å². The van der Waals surface area contributed by atoms with Crippen LogP contribution >= 0.6 is 12.4 Å². The van der Waals surface area contributed by atoms with E-state index in [2.05, 4.69) is 11.1 Å².